The number of methoxy groups -OCH3 is 2. The van der Waals surface area contributed by atoms with Crippen molar-refractivity contribution >= 4 is 115 Å². The Bertz CT molecular complexity index is 5520. The highest BCUT2D eigenvalue weighted by molar-refractivity contribution is 5.92. The smallest absolute Gasteiger partial charge is 0.338 e. The molecule has 0 saturated carbocycles. The van der Waals surface area contributed by atoms with Crippen molar-refractivity contribution in [2.45, 2.75) is 160 Å². The molecule has 2 atom stereocenters. The molecule has 0 radical (unpaired) electrons. The van der Waals surface area contributed by atoms with Crippen LogP contribution in [-0.2, 0) is 133 Å². The Kier molecular flexibility index (Phi) is 37.0. The summed E-state index contributed by atoms with van der Waals surface area (Å²) in [5.74, 6) is -12.8. The van der Waals surface area contributed by atoms with Crippen LogP contribution in [0.5, 0.6) is 11.5 Å². The van der Waals surface area contributed by atoms with E-state index < -0.39 is 185 Å². The lowest BCUT2D eigenvalue weighted by Crippen LogP contribution is -2.52. The van der Waals surface area contributed by atoms with E-state index in [2.05, 4.69) is 20.5 Å². The molecule has 38 heteroatoms. The van der Waals surface area contributed by atoms with Crippen molar-refractivity contribution in [3.8, 4) is 11.5 Å². The fraction of sp³-hybridized carbons (Fsp3) is 0.505. The second kappa shape index (κ2) is 48.3. The van der Waals surface area contributed by atoms with Gasteiger partial charge in [0.15, 0.2) is 23.1 Å². The summed E-state index contributed by atoms with van der Waals surface area (Å²) in [6, 6.07) is 48.3. The van der Waals surface area contributed by atoms with Gasteiger partial charge in [-0.2, -0.15) is 20.5 Å². The number of carbonyl (C=O) groups excluding carboxylic acids is 10. The zero-order chi connectivity index (χ0) is 107. The lowest BCUT2D eigenvalue weighted by Gasteiger charge is -2.41. The minimum atomic E-state index is -2.25. The molecule has 4 fully saturated rings. The zero-order valence-electron chi connectivity index (χ0n) is 87.1. The molecule has 4 saturated heterocycles. The highest BCUT2D eigenvalue weighted by atomic mass is 16.7. The third kappa shape index (κ3) is 30.2. The quantitative estimate of drug-likeness (QED) is 0.0112. The van der Waals surface area contributed by atoms with Crippen LogP contribution < -0.4 is 19.6 Å². The van der Waals surface area contributed by atoms with Crippen LogP contribution in [0.1, 0.15) is 168 Å². The number of anilines is 2. The van der Waals surface area contributed by atoms with Gasteiger partial charge >= 0.3 is 59.7 Å². The first-order valence-electron chi connectivity index (χ1n) is 48.6. The Labute approximate surface area is 854 Å². The largest absolute Gasteiger partial charge is 0.497 e. The van der Waals surface area contributed by atoms with Gasteiger partial charge < -0.3 is 94.7 Å². The maximum absolute atomic E-state index is 15.6. The van der Waals surface area contributed by atoms with Gasteiger partial charge in [0.1, 0.15) is 129 Å². The molecule has 38 nitrogen and oxygen atoms in total. The van der Waals surface area contributed by atoms with Gasteiger partial charge in [-0.25, -0.2) is 9.59 Å². The van der Waals surface area contributed by atoms with E-state index in [4.69, 9.17) is 104 Å². The number of azo groups is 2. The Morgan fingerprint density at radius 2 is 0.578 bits per heavy atom. The number of fused-ring (bicyclic) bond motifs is 2. The molecular weight excluding hydrogens is 1910 g/mol. The van der Waals surface area contributed by atoms with Crippen LogP contribution in [0.15, 0.2) is 190 Å². The lowest BCUT2D eigenvalue weighted by molar-refractivity contribution is -0.283. The molecule has 8 aromatic carbocycles. The lowest BCUT2D eigenvalue weighted by atomic mass is 9.88. The van der Waals surface area contributed by atoms with Crippen molar-refractivity contribution < 1.29 is 152 Å². The number of hydrogen-bond acceptors (Lipinski definition) is 38. The molecule has 0 unspecified atom stereocenters. The van der Waals surface area contributed by atoms with Gasteiger partial charge in [0.25, 0.3) is 0 Å². The number of carbonyl (C=O) groups is 10. The van der Waals surface area contributed by atoms with Gasteiger partial charge in [0.2, 0.25) is 0 Å². The molecule has 0 aromatic heterocycles. The summed E-state index contributed by atoms with van der Waals surface area (Å²) < 4.78 is 118. The van der Waals surface area contributed by atoms with Crippen molar-refractivity contribution in [1.29, 1.82) is 0 Å². The molecule has 0 bridgehead atoms. The molecule has 12 rings (SSSR count). The molecule has 147 heavy (non-hydrogen) atoms. The van der Waals surface area contributed by atoms with Crippen LogP contribution in [0.4, 0.5) is 34.1 Å². The summed E-state index contributed by atoms with van der Waals surface area (Å²) in [7, 11) is 3.21. The monoisotopic (exact) mass is 2040 g/mol. The van der Waals surface area contributed by atoms with Crippen molar-refractivity contribution in [1.82, 2.24) is 0 Å². The number of nitrogens with zero attached hydrogens (tertiary/aromatic N) is 6. The summed E-state index contributed by atoms with van der Waals surface area (Å²) in [6.07, 6.45) is 0. The van der Waals surface area contributed by atoms with E-state index in [0.29, 0.717) is 35.8 Å². The maximum atomic E-state index is 15.6. The third-order valence-electron chi connectivity index (χ3n) is 25.6. The predicted octanol–water partition coefficient (Wildman–Crippen LogP) is 17.5. The van der Waals surface area contributed by atoms with Crippen LogP contribution in [0.25, 0.3) is 21.5 Å². The number of hydroxylamine groups is 2. The van der Waals surface area contributed by atoms with E-state index in [-0.39, 0.29) is 102 Å². The highest BCUT2D eigenvalue weighted by Gasteiger charge is 2.53. The van der Waals surface area contributed by atoms with Gasteiger partial charge in [-0.3, -0.25) is 58.2 Å². The van der Waals surface area contributed by atoms with Crippen molar-refractivity contribution in [2.75, 3.05) is 170 Å². The van der Waals surface area contributed by atoms with Gasteiger partial charge in [0.05, 0.1) is 124 Å². The van der Waals surface area contributed by atoms with Gasteiger partial charge in [-0.05, 0) is 279 Å². The summed E-state index contributed by atoms with van der Waals surface area (Å²) in [6.45, 7) is 21.6. The Morgan fingerprint density at radius 1 is 0.320 bits per heavy atom. The molecule has 8 aromatic rings. The third-order valence-corrected chi connectivity index (χ3v) is 25.6. The van der Waals surface area contributed by atoms with Gasteiger partial charge in [0, 0.05) is 13.1 Å². The number of benzene rings is 8. The van der Waals surface area contributed by atoms with Crippen molar-refractivity contribution in [3.63, 3.8) is 0 Å². The van der Waals surface area contributed by atoms with Crippen LogP contribution in [0.3, 0.4) is 0 Å². The number of hydrogen-bond donors (Lipinski definition) is 0. The molecule has 4 aliphatic rings. The maximum Gasteiger partial charge on any atom is 0.338 e. The Balaban J connectivity index is 0.802. The molecule has 792 valence electrons. The second-order valence-electron chi connectivity index (χ2n) is 40.7. The minimum absolute atomic E-state index is 0.0135. The Hall–Kier alpha value is -13.0. The van der Waals surface area contributed by atoms with Gasteiger partial charge in [-0.1, -0.05) is 48.5 Å². The van der Waals surface area contributed by atoms with E-state index >= 15 is 9.59 Å². The topological polar surface area (TPSA) is 430 Å². The fourth-order valence-corrected chi connectivity index (χ4v) is 15.0. The van der Waals surface area contributed by atoms with E-state index in [0.717, 1.165) is 44.2 Å². The van der Waals surface area contributed by atoms with Gasteiger partial charge in [-0.15, -0.1) is 0 Å². The van der Waals surface area contributed by atoms with Crippen molar-refractivity contribution in [3.05, 3.63) is 192 Å². The van der Waals surface area contributed by atoms with Crippen LogP contribution in [0, 0.1) is 37.9 Å². The molecule has 4 heterocycles. The first kappa shape index (κ1) is 113. The van der Waals surface area contributed by atoms with Crippen molar-refractivity contribution in [2.24, 2.45) is 58.4 Å². The standard InChI is InChI=1S/C109H134N6O32/c1-21-114(146-49-47-128-89(116)71(3)75-23-25-79-53-87(126-19)45-31-77(79)51-75)85-41-37-83(38-42-85)112-110-81-33-27-73(28-34-81)91(118)130-67-109(69-136-93(120)103(13,55-132-95(122)105(15)59-138-99(5,6)139-60-105)56-133-96(123)106(16)61-140-100(7,8)141-62-106,70-137-94(121)104(14,57-134-97(124)107(17)63-142-101(9,10)143-64-107)58-135-98(125)108(18)65-144-102(11,12)145-66-108)68-131-92(119)74-29-35-82(36-30-74)111-113-84-39-43-86(44-40-84)115(22-2)147-50-48-129-90(117)72(4)76-24-26-80-54-88(127-20)46-32-78(80)52-76/h23-46,51-54,71-72H,21-22,47-50,55-70H2,1-20H3/t71-,72-/m0/s1. The second-order valence-corrected chi connectivity index (χ2v) is 40.7. The van der Waals surface area contributed by atoms with E-state index in [1.807, 2.05) is 86.6 Å². The number of rotatable bonds is 46. The first-order valence-corrected chi connectivity index (χ1v) is 48.6. The molecular formula is C109H134N6O32. The van der Waals surface area contributed by atoms with Crippen LogP contribution in [-0.4, -0.2) is 242 Å². The average Bonchev–Trinajstić information content (AvgIpc) is 0.801. The number of ether oxygens (including phenoxy) is 20. The summed E-state index contributed by atoms with van der Waals surface area (Å²) in [5, 5.41) is 24.8. The summed E-state index contributed by atoms with van der Waals surface area (Å²) >= 11 is 0. The van der Waals surface area contributed by atoms with E-state index in [9.17, 15) is 38.4 Å². The fourth-order valence-electron chi connectivity index (χ4n) is 15.0. The Morgan fingerprint density at radius 3 is 0.850 bits per heavy atom. The molecule has 0 aliphatic carbocycles. The predicted molar refractivity (Wildman–Crippen MR) is 533 cm³/mol. The molecule has 0 amide bonds. The van der Waals surface area contributed by atoms with Crippen LogP contribution >= 0.6 is 0 Å². The van der Waals surface area contributed by atoms with E-state index in [1.165, 1.54) is 90.1 Å². The first-order chi connectivity index (χ1) is 69.5. The SMILES string of the molecule is CCN(OCCOC(=O)[C@@H](C)c1ccc2cc(OC)ccc2c1)c1ccc(N=Nc2ccc(C(=O)OCC(COC(=O)c3ccc(N=Nc4ccc(N(CC)OCCOC(=O)[C@@H](C)c5ccc6cc(OC)ccc6c5)cc4)cc3)(COC(=O)C(C)(COC(=O)C3(C)COC(C)(C)OC3)COC(=O)C3(C)COC(C)(C)OC3)COC(=O)C(C)(COC(=O)C3(C)COC(C)(C)OC3)COC(=O)C3(C)COC(C)(C)OC3)cc2)cc1. The van der Waals surface area contributed by atoms with E-state index in [1.54, 1.807) is 142 Å². The molecule has 0 N–H and O–H groups in total. The molecule has 0 spiro atoms. The molecule has 4 aliphatic heterocycles. The summed E-state index contributed by atoms with van der Waals surface area (Å²) in [4.78, 5) is 157. The van der Waals surface area contributed by atoms with Crippen LogP contribution in [0.2, 0.25) is 0 Å². The summed E-state index contributed by atoms with van der Waals surface area (Å²) in [5.41, 5.74) is -8.13. The normalized spacial score (nSPS) is 17.4. The average molecular weight is 2040 g/mol. The number of esters is 10. The minimum Gasteiger partial charge on any atom is -0.497 e. The zero-order valence-corrected chi connectivity index (χ0v) is 87.1. The highest BCUT2D eigenvalue weighted by Crippen LogP contribution is 2.41.